The third-order valence-electron chi connectivity index (χ3n) is 2.75. The van der Waals surface area contributed by atoms with Crippen LogP contribution in [0, 0.1) is 0 Å². The van der Waals surface area contributed by atoms with Crippen molar-refractivity contribution in [1.82, 2.24) is 10.7 Å². The first-order valence-corrected chi connectivity index (χ1v) is 6.94. The van der Waals surface area contributed by atoms with Crippen LogP contribution in [0.1, 0.15) is 28.8 Å². The molecule has 3 N–H and O–H groups in total. The standard InChI is InChI=1S/C15H19N3O5/c1-23-8-4-7-16-13(19)9-14(20)18-17-10-11-5-2-3-6-12(11)15(21)22/h2-3,5-6,10H,4,7-9H2,1H3,(H,16,19)(H,18,20)(H,21,22)/b17-10-. The van der Waals surface area contributed by atoms with Crippen LogP contribution in [-0.4, -0.2) is 49.4 Å². The van der Waals surface area contributed by atoms with Gasteiger partial charge in [-0.25, -0.2) is 10.2 Å². The second kappa shape index (κ2) is 10.1. The highest BCUT2D eigenvalue weighted by Crippen LogP contribution is 2.05. The van der Waals surface area contributed by atoms with Crippen LogP contribution < -0.4 is 10.7 Å². The Morgan fingerprint density at radius 1 is 1.26 bits per heavy atom. The summed E-state index contributed by atoms with van der Waals surface area (Å²) in [6, 6.07) is 6.23. The third-order valence-corrected chi connectivity index (χ3v) is 2.75. The number of rotatable bonds is 9. The molecule has 0 spiro atoms. The molecule has 0 heterocycles. The van der Waals surface area contributed by atoms with E-state index in [-0.39, 0.29) is 12.0 Å². The molecule has 8 heteroatoms. The number of carboxylic acids is 1. The fourth-order valence-electron chi connectivity index (χ4n) is 1.67. The van der Waals surface area contributed by atoms with Crippen LogP contribution in [0.15, 0.2) is 29.4 Å². The molecule has 0 saturated carbocycles. The molecule has 124 valence electrons. The number of nitrogens with one attached hydrogen (secondary N) is 2. The zero-order valence-corrected chi connectivity index (χ0v) is 12.7. The summed E-state index contributed by atoms with van der Waals surface area (Å²) >= 11 is 0. The van der Waals surface area contributed by atoms with Gasteiger partial charge in [0.1, 0.15) is 6.42 Å². The van der Waals surface area contributed by atoms with Gasteiger partial charge < -0.3 is 15.2 Å². The summed E-state index contributed by atoms with van der Waals surface area (Å²) < 4.78 is 4.83. The molecule has 0 saturated heterocycles. The van der Waals surface area contributed by atoms with E-state index < -0.39 is 17.8 Å². The summed E-state index contributed by atoms with van der Waals surface area (Å²) in [6.07, 6.45) is 1.52. The largest absolute Gasteiger partial charge is 0.478 e. The molecular weight excluding hydrogens is 302 g/mol. The second-order valence-electron chi connectivity index (χ2n) is 4.56. The number of nitrogens with zero attached hydrogens (tertiary/aromatic N) is 1. The molecule has 0 radical (unpaired) electrons. The van der Waals surface area contributed by atoms with Crippen molar-refractivity contribution in [1.29, 1.82) is 0 Å². The molecule has 8 nitrogen and oxygen atoms in total. The van der Waals surface area contributed by atoms with Crippen LogP contribution in [0.25, 0.3) is 0 Å². The average molecular weight is 321 g/mol. The highest BCUT2D eigenvalue weighted by molar-refractivity contribution is 5.99. The maximum Gasteiger partial charge on any atom is 0.336 e. The van der Waals surface area contributed by atoms with Gasteiger partial charge in [0.2, 0.25) is 11.8 Å². The van der Waals surface area contributed by atoms with E-state index in [0.717, 1.165) is 0 Å². The maximum atomic E-state index is 11.5. The predicted octanol–water partition coefficient (Wildman–Crippen LogP) is 0.378. The third kappa shape index (κ3) is 7.18. The molecule has 0 bridgehead atoms. The number of carbonyl (C=O) groups is 3. The van der Waals surface area contributed by atoms with Crippen molar-refractivity contribution in [3.8, 4) is 0 Å². The molecule has 0 aliphatic heterocycles. The molecule has 1 aromatic carbocycles. The van der Waals surface area contributed by atoms with Gasteiger partial charge in [-0.3, -0.25) is 9.59 Å². The van der Waals surface area contributed by atoms with Crippen molar-refractivity contribution >= 4 is 24.0 Å². The minimum absolute atomic E-state index is 0.0707. The first-order chi connectivity index (χ1) is 11.0. The number of methoxy groups -OCH3 is 1. The maximum absolute atomic E-state index is 11.5. The number of hydrogen-bond acceptors (Lipinski definition) is 5. The van der Waals surface area contributed by atoms with Crippen molar-refractivity contribution in [2.45, 2.75) is 12.8 Å². The highest BCUT2D eigenvalue weighted by atomic mass is 16.5. The zero-order valence-electron chi connectivity index (χ0n) is 12.7. The summed E-state index contributed by atoms with van der Waals surface area (Å²) in [5, 5.41) is 15.2. The quantitative estimate of drug-likeness (QED) is 0.263. The van der Waals surface area contributed by atoms with Crippen molar-refractivity contribution in [2.24, 2.45) is 5.10 Å². The molecule has 0 unspecified atom stereocenters. The first kappa shape index (κ1) is 18.3. The smallest absolute Gasteiger partial charge is 0.336 e. The number of ether oxygens (including phenoxy) is 1. The number of carbonyl (C=O) groups excluding carboxylic acids is 2. The lowest BCUT2D eigenvalue weighted by molar-refractivity contribution is -0.129. The average Bonchev–Trinajstić information content (AvgIpc) is 2.52. The van der Waals surface area contributed by atoms with Gasteiger partial charge in [-0.1, -0.05) is 18.2 Å². The van der Waals surface area contributed by atoms with Gasteiger partial charge in [-0.2, -0.15) is 5.10 Å². The molecule has 0 atom stereocenters. The van der Waals surface area contributed by atoms with E-state index in [0.29, 0.717) is 25.1 Å². The van der Waals surface area contributed by atoms with Crippen LogP contribution in [0.4, 0.5) is 0 Å². The number of amides is 2. The summed E-state index contributed by atoms with van der Waals surface area (Å²) in [5.74, 6) is -2.09. The van der Waals surface area contributed by atoms with Gasteiger partial charge in [-0.05, 0) is 12.5 Å². The van der Waals surface area contributed by atoms with E-state index in [4.69, 9.17) is 9.84 Å². The van der Waals surface area contributed by atoms with Crippen LogP contribution in [0.3, 0.4) is 0 Å². The number of benzene rings is 1. The van der Waals surface area contributed by atoms with E-state index in [9.17, 15) is 14.4 Å². The molecule has 1 aromatic rings. The monoisotopic (exact) mass is 321 g/mol. The molecule has 0 aromatic heterocycles. The minimum atomic E-state index is -1.09. The molecule has 1 rings (SSSR count). The summed E-state index contributed by atoms with van der Waals surface area (Å²) in [4.78, 5) is 34.0. The van der Waals surface area contributed by atoms with Crippen molar-refractivity contribution in [3.63, 3.8) is 0 Å². The van der Waals surface area contributed by atoms with Gasteiger partial charge in [0.25, 0.3) is 0 Å². The Kier molecular flexibility index (Phi) is 8.01. The Morgan fingerprint density at radius 3 is 2.70 bits per heavy atom. The van der Waals surface area contributed by atoms with Crippen LogP contribution in [0.5, 0.6) is 0 Å². The lowest BCUT2D eigenvalue weighted by atomic mass is 10.1. The molecule has 0 aliphatic carbocycles. The second-order valence-corrected chi connectivity index (χ2v) is 4.56. The van der Waals surface area contributed by atoms with Crippen LogP contribution >= 0.6 is 0 Å². The molecular formula is C15H19N3O5. The molecule has 2 amide bonds. The SMILES string of the molecule is COCCCNC(=O)CC(=O)N/N=C\c1ccccc1C(=O)O. The summed E-state index contributed by atoms with van der Waals surface area (Å²) in [7, 11) is 1.57. The fourth-order valence-corrected chi connectivity index (χ4v) is 1.67. The summed E-state index contributed by atoms with van der Waals surface area (Å²) in [6.45, 7) is 0.953. The van der Waals surface area contributed by atoms with E-state index in [2.05, 4.69) is 15.8 Å². The Balaban J connectivity index is 2.41. The number of hydrazone groups is 1. The highest BCUT2D eigenvalue weighted by Gasteiger charge is 2.09. The zero-order chi connectivity index (χ0) is 17.1. The van der Waals surface area contributed by atoms with Gasteiger partial charge in [0.15, 0.2) is 0 Å². The Hall–Kier alpha value is -2.74. The minimum Gasteiger partial charge on any atom is -0.478 e. The number of hydrogen-bond donors (Lipinski definition) is 3. The van der Waals surface area contributed by atoms with E-state index in [1.165, 1.54) is 12.3 Å². The van der Waals surface area contributed by atoms with Gasteiger partial charge >= 0.3 is 5.97 Å². The predicted molar refractivity (Wildman–Crippen MR) is 83.3 cm³/mol. The molecule has 23 heavy (non-hydrogen) atoms. The fraction of sp³-hybridized carbons (Fsp3) is 0.333. The molecule has 0 aliphatic rings. The van der Waals surface area contributed by atoms with Crippen molar-refractivity contribution < 1.29 is 24.2 Å². The van der Waals surface area contributed by atoms with Gasteiger partial charge in [-0.15, -0.1) is 0 Å². The normalized spacial score (nSPS) is 10.5. The van der Waals surface area contributed by atoms with Crippen LogP contribution in [0.2, 0.25) is 0 Å². The summed E-state index contributed by atoms with van der Waals surface area (Å²) in [5.41, 5.74) is 2.60. The van der Waals surface area contributed by atoms with E-state index >= 15 is 0 Å². The van der Waals surface area contributed by atoms with Gasteiger partial charge in [0.05, 0.1) is 11.8 Å². The first-order valence-electron chi connectivity index (χ1n) is 6.94. The Bertz CT molecular complexity index is 586. The van der Waals surface area contributed by atoms with Crippen LogP contribution in [-0.2, 0) is 14.3 Å². The van der Waals surface area contributed by atoms with Crippen molar-refractivity contribution in [3.05, 3.63) is 35.4 Å². The lowest BCUT2D eigenvalue weighted by Crippen LogP contribution is -2.30. The Morgan fingerprint density at radius 2 is 2.00 bits per heavy atom. The lowest BCUT2D eigenvalue weighted by Gasteiger charge is -2.04. The number of aromatic carboxylic acids is 1. The number of carboxylic acid groups (broad SMARTS) is 1. The van der Waals surface area contributed by atoms with Crippen molar-refractivity contribution in [2.75, 3.05) is 20.3 Å². The topological polar surface area (TPSA) is 117 Å². The van der Waals surface area contributed by atoms with Gasteiger partial charge in [0, 0.05) is 25.8 Å². The van der Waals surface area contributed by atoms with E-state index in [1.807, 2.05) is 0 Å². The van der Waals surface area contributed by atoms with E-state index in [1.54, 1.807) is 25.3 Å². The molecule has 0 fully saturated rings. The Labute approximate surface area is 133 Å².